The molecule has 1 aromatic carbocycles. The number of pyridine rings is 1. The molecule has 7 heteroatoms. The van der Waals surface area contributed by atoms with Gasteiger partial charge in [0.1, 0.15) is 5.82 Å². The number of halogens is 3. The normalized spacial score (nSPS) is 19.5. The van der Waals surface area contributed by atoms with Crippen LogP contribution in [0, 0.1) is 5.82 Å². The summed E-state index contributed by atoms with van der Waals surface area (Å²) in [5.41, 5.74) is 2.19. The standard InChI is InChI=1S/C17H18FN3O.2ClH/c18-11-3-4-15-13(7-11)14(8-16(21-15)10-1-2-10)17(22)20-12-5-6-19-9-12;;/h3-4,7-8,10,12,19H,1-2,5-6,9H2,(H,20,22);2*1H. The summed E-state index contributed by atoms with van der Waals surface area (Å²) in [4.78, 5) is 17.2. The summed E-state index contributed by atoms with van der Waals surface area (Å²) in [6.07, 6.45) is 3.17. The van der Waals surface area contributed by atoms with Gasteiger partial charge in [0.05, 0.1) is 11.1 Å². The first-order chi connectivity index (χ1) is 10.7. The zero-order valence-corrected chi connectivity index (χ0v) is 14.7. The van der Waals surface area contributed by atoms with E-state index < -0.39 is 0 Å². The van der Waals surface area contributed by atoms with Crippen molar-refractivity contribution in [1.29, 1.82) is 0 Å². The SMILES string of the molecule is Cl.Cl.O=C(NC1CCNC1)c1cc(C2CC2)nc2ccc(F)cc12. The Morgan fingerprint density at radius 2 is 2.00 bits per heavy atom. The number of hydrogen-bond donors (Lipinski definition) is 2. The Hall–Kier alpha value is -1.43. The van der Waals surface area contributed by atoms with Gasteiger partial charge in [0.2, 0.25) is 0 Å². The molecule has 1 aliphatic heterocycles. The minimum absolute atomic E-state index is 0. The van der Waals surface area contributed by atoms with Gasteiger partial charge in [-0.15, -0.1) is 24.8 Å². The fourth-order valence-electron chi connectivity index (χ4n) is 3.04. The van der Waals surface area contributed by atoms with Gasteiger partial charge in [0.25, 0.3) is 5.91 Å². The lowest BCUT2D eigenvalue weighted by Crippen LogP contribution is -2.36. The van der Waals surface area contributed by atoms with Crippen LogP contribution in [0.5, 0.6) is 0 Å². The second-order valence-electron chi connectivity index (χ2n) is 6.19. The fourth-order valence-corrected chi connectivity index (χ4v) is 3.04. The van der Waals surface area contributed by atoms with E-state index in [1.165, 1.54) is 12.1 Å². The van der Waals surface area contributed by atoms with Gasteiger partial charge in [-0.1, -0.05) is 0 Å². The number of rotatable bonds is 3. The summed E-state index contributed by atoms with van der Waals surface area (Å²) in [5.74, 6) is -0.0206. The number of fused-ring (bicyclic) bond motifs is 1. The van der Waals surface area contributed by atoms with Crippen LogP contribution in [0.3, 0.4) is 0 Å². The zero-order chi connectivity index (χ0) is 15.1. The Morgan fingerprint density at radius 3 is 2.67 bits per heavy atom. The molecule has 2 N–H and O–H groups in total. The van der Waals surface area contributed by atoms with Gasteiger partial charge in [0, 0.05) is 29.6 Å². The van der Waals surface area contributed by atoms with Gasteiger partial charge in [-0.3, -0.25) is 9.78 Å². The minimum atomic E-state index is -0.343. The van der Waals surface area contributed by atoms with Crippen LogP contribution < -0.4 is 10.6 Å². The smallest absolute Gasteiger partial charge is 0.252 e. The lowest BCUT2D eigenvalue weighted by atomic mass is 10.0. The highest BCUT2D eigenvalue weighted by Gasteiger charge is 2.27. The fraction of sp³-hybridized carbons (Fsp3) is 0.412. The second-order valence-corrected chi connectivity index (χ2v) is 6.19. The van der Waals surface area contributed by atoms with Crippen LogP contribution in [0.15, 0.2) is 24.3 Å². The molecule has 24 heavy (non-hydrogen) atoms. The molecule has 2 heterocycles. The summed E-state index contributed by atoms with van der Waals surface area (Å²) in [5, 5.41) is 6.86. The van der Waals surface area contributed by atoms with Crippen molar-refractivity contribution in [3.8, 4) is 0 Å². The molecule has 1 saturated carbocycles. The minimum Gasteiger partial charge on any atom is -0.348 e. The van der Waals surface area contributed by atoms with Gasteiger partial charge < -0.3 is 10.6 Å². The largest absolute Gasteiger partial charge is 0.348 e. The van der Waals surface area contributed by atoms with Crippen molar-refractivity contribution in [2.24, 2.45) is 0 Å². The molecule has 0 spiro atoms. The first kappa shape index (κ1) is 18.9. The van der Waals surface area contributed by atoms with Gasteiger partial charge >= 0.3 is 0 Å². The molecule has 130 valence electrons. The Bertz CT molecular complexity index is 746. The van der Waals surface area contributed by atoms with Crippen LogP contribution in [-0.4, -0.2) is 30.0 Å². The summed E-state index contributed by atoms with van der Waals surface area (Å²) < 4.78 is 13.6. The van der Waals surface area contributed by atoms with Gasteiger partial charge in [-0.05, 0) is 50.1 Å². The van der Waals surface area contributed by atoms with Crippen molar-refractivity contribution in [2.45, 2.75) is 31.2 Å². The monoisotopic (exact) mass is 371 g/mol. The van der Waals surface area contributed by atoms with E-state index in [9.17, 15) is 9.18 Å². The van der Waals surface area contributed by atoms with E-state index in [0.29, 0.717) is 22.4 Å². The number of carbonyl (C=O) groups is 1. The molecule has 0 radical (unpaired) electrons. The number of nitrogens with zero attached hydrogens (tertiary/aromatic N) is 1. The van der Waals surface area contributed by atoms with Crippen LogP contribution in [0.1, 0.15) is 41.2 Å². The zero-order valence-electron chi connectivity index (χ0n) is 13.0. The number of aromatic nitrogens is 1. The predicted octanol–water partition coefficient (Wildman–Crippen LogP) is 3.19. The van der Waals surface area contributed by atoms with Crippen LogP contribution in [0.2, 0.25) is 0 Å². The first-order valence-electron chi connectivity index (χ1n) is 7.82. The third kappa shape index (κ3) is 3.79. The molecule has 2 aromatic rings. The summed E-state index contributed by atoms with van der Waals surface area (Å²) in [7, 11) is 0. The summed E-state index contributed by atoms with van der Waals surface area (Å²) in [6.45, 7) is 1.71. The van der Waals surface area contributed by atoms with E-state index in [0.717, 1.165) is 38.0 Å². The maximum absolute atomic E-state index is 13.6. The maximum Gasteiger partial charge on any atom is 0.252 e. The van der Waals surface area contributed by atoms with Crippen molar-refractivity contribution in [2.75, 3.05) is 13.1 Å². The van der Waals surface area contributed by atoms with E-state index in [4.69, 9.17) is 0 Å². The number of benzene rings is 1. The third-order valence-corrected chi connectivity index (χ3v) is 4.43. The van der Waals surface area contributed by atoms with Crippen LogP contribution in [-0.2, 0) is 0 Å². The van der Waals surface area contributed by atoms with Crippen molar-refractivity contribution in [3.63, 3.8) is 0 Å². The Kier molecular flexibility index (Phi) is 6.01. The van der Waals surface area contributed by atoms with E-state index in [1.54, 1.807) is 6.07 Å². The van der Waals surface area contributed by atoms with Crippen molar-refractivity contribution in [3.05, 3.63) is 41.3 Å². The average molecular weight is 372 g/mol. The maximum atomic E-state index is 13.6. The summed E-state index contributed by atoms with van der Waals surface area (Å²) >= 11 is 0. The van der Waals surface area contributed by atoms with Crippen molar-refractivity contribution >= 4 is 41.6 Å². The number of amides is 1. The van der Waals surface area contributed by atoms with E-state index in [1.807, 2.05) is 6.07 Å². The van der Waals surface area contributed by atoms with E-state index >= 15 is 0 Å². The van der Waals surface area contributed by atoms with Gasteiger partial charge in [-0.2, -0.15) is 0 Å². The summed E-state index contributed by atoms with van der Waals surface area (Å²) in [6, 6.07) is 6.45. The molecular weight excluding hydrogens is 352 g/mol. The Labute approximate surface area is 152 Å². The molecule has 0 bridgehead atoms. The molecular formula is C17H20Cl2FN3O. The van der Waals surface area contributed by atoms with Gasteiger partial charge in [-0.25, -0.2) is 4.39 Å². The molecule has 2 fully saturated rings. The molecule has 4 nitrogen and oxygen atoms in total. The average Bonchev–Trinajstić information content (AvgIpc) is 3.24. The highest BCUT2D eigenvalue weighted by Crippen LogP contribution is 2.40. The van der Waals surface area contributed by atoms with Crippen molar-refractivity contribution in [1.82, 2.24) is 15.6 Å². The molecule has 4 rings (SSSR count). The predicted molar refractivity (Wildman–Crippen MR) is 96.9 cm³/mol. The highest BCUT2D eigenvalue weighted by molar-refractivity contribution is 6.06. The van der Waals surface area contributed by atoms with Crippen LogP contribution in [0.25, 0.3) is 10.9 Å². The van der Waals surface area contributed by atoms with Crippen LogP contribution in [0.4, 0.5) is 4.39 Å². The first-order valence-corrected chi connectivity index (χ1v) is 7.82. The van der Waals surface area contributed by atoms with Gasteiger partial charge in [0.15, 0.2) is 0 Å². The molecule has 1 aromatic heterocycles. The second kappa shape index (κ2) is 7.64. The Morgan fingerprint density at radius 1 is 1.21 bits per heavy atom. The van der Waals surface area contributed by atoms with Crippen LogP contribution >= 0.6 is 24.8 Å². The lowest BCUT2D eigenvalue weighted by Gasteiger charge is -2.14. The van der Waals surface area contributed by atoms with E-state index in [2.05, 4.69) is 15.6 Å². The molecule has 1 amide bonds. The third-order valence-electron chi connectivity index (χ3n) is 4.43. The highest BCUT2D eigenvalue weighted by atomic mass is 35.5. The molecule has 1 saturated heterocycles. The Balaban J connectivity index is 0.00000104. The van der Waals surface area contributed by atoms with Crippen molar-refractivity contribution < 1.29 is 9.18 Å². The lowest BCUT2D eigenvalue weighted by molar-refractivity contribution is 0.0941. The number of hydrogen-bond acceptors (Lipinski definition) is 3. The topological polar surface area (TPSA) is 54.0 Å². The number of carbonyl (C=O) groups excluding carboxylic acids is 1. The quantitative estimate of drug-likeness (QED) is 0.870. The number of nitrogens with one attached hydrogen (secondary N) is 2. The molecule has 2 aliphatic rings. The molecule has 1 unspecified atom stereocenters. The molecule has 1 atom stereocenters. The van der Waals surface area contributed by atoms with E-state index in [-0.39, 0.29) is 42.6 Å². The molecule has 1 aliphatic carbocycles.